The summed E-state index contributed by atoms with van der Waals surface area (Å²) in [7, 11) is 0. The molecule has 0 saturated carbocycles. The number of benzene rings is 2. The fraction of sp³-hybridized carbons (Fsp3) is 0.235. The number of nitriles is 1. The van der Waals surface area contributed by atoms with Crippen LogP contribution in [-0.4, -0.2) is 6.04 Å². The molecule has 2 aromatic rings. The van der Waals surface area contributed by atoms with Crippen LogP contribution in [0, 0.1) is 11.3 Å². The van der Waals surface area contributed by atoms with Gasteiger partial charge in [0.1, 0.15) is 6.07 Å². The summed E-state index contributed by atoms with van der Waals surface area (Å²) < 4.78 is 0. The summed E-state index contributed by atoms with van der Waals surface area (Å²) in [6.45, 7) is 0. The molecule has 0 spiro atoms. The monoisotopic (exact) mass is 263 g/mol. The molecule has 0 radical (unpaired) electrons. The van der Waals surface area contributed by atoms with E-state index in [-0.39, 0.29) is 0 Å². The van der Waals surface area contributed by atoms with Gasteiger partial charge in [-0.15, -0.1) is 0 Å². The quantitative estimate of drug-likeness (QED) is 0.818. The second-order valence-corrected chi connectivity index (χ2v) is 5.27. The number of nitrogens with zero attached hydrogens (tertiary/aromatic N) is 1. The van der Waals surface area contributed by atoms with Crippen LogP contribution in [0.2, 0.25) is 0 Å². The Morgan fingerprint density at radius 2 is 1.95 bits per heavy atom. The Balaban J connectivity index is 1.79. The van der Waals surface area contributed by atoms with Gasteiger partial charge < -0.3 is 11.1 Å². The molecular formula is C17H17N3. The average molecular weight is 263 g/mol. The van der Waals surface area contributed by atoms with Crippen molar-refractivity contribution in [1.82, 2.24) is 0 Å². The highest BCUT2D eigenvalue weighted by Gasteiger charge is 2.18. The second kappa shape index (κ2) is 5.26. The topological polar surface area (TPSA) is 61.8 Å². The molecular weight excluding hydrogens is 246 g/mol. The van der Waals surface area contributed by atoms with E-state index >= 15 is 0 Å². The van der Waals surface area contributed by atoms with Crippen LogP contribution < -0.4 is 11.1 Å². The van der Waals surface area contributed by atoms with E-state index in [1.54, 1.807) is 6.07 Å². The first-order valence-electron chi connectivity index (χ1n) is 6.89. The number of aryl methyl sites for hydroxylation is 1. The molecule has 3 nitrogen and oxygen atoms in total. The second-order valence-electron chi connectivity index (χ2n) is 5.27. The fourth-order valence-corrected chi connectivity index (χ4v) is 2.82. The van der Waals surface area contributed by atoms with Gasteiger partial charge in [-0.05, 0) is 48.6 Å². The minimum atomic E-state index is 0.376. The van der Waals surface area contributed by atoms with Crippen molar-refractivity contribution in [2.24, 2.45) is 0 Å². The van der Waals surface area contributed by atoms with E-state index in [4.69, 9.17) is 5.73 Å². The van der Waals surface area contributed by atoms with Crippen molar-refractivity contribution in [3.63, 3.8) is 0 Å². The van der Waals surface area contributed by atoms with Crippen LogP contribution in [0.3, 0.4) is 0 Å². The number of nitrogen functional groups attached to an aromatic ring is 1. The van der Waals surface area contributed by atoms with Gasteiger partial charge in [0, 0.05) is 11.7 Å². The van der Waals surface area contributed by atoms with Crippen LogP contribution in [-0.2, 0) is 12.8 Å². The lowest BCUT2D eigenvalue weighted by Gasteiger charge is -2.26. The first-order valence-corrected chi connectivity index (χ1v) is 6.89. The summed E-state index contributed by atoms with van der Waals surface area (Å²) >= 11 is 0. The highest BCUT2D eigenvalue weighted by Crippen LogP contribution is 2.25. The summed E-state index contributed by atoms with van der Waals surface area (Å²) in [5.41, 5.74) is 10.7. The molecule has 0 heterocycles. The van der Waals surface area contributed by atoms with Crippen molar-refractivity contribution < 1.29 is 0 Å². The Bertz CT molecular complexity index is 670. The molecule has 100 valence electrons. The standard InChI is InChI=1S/C17H17N3/c18-11-14-9-15(19)6-8-17(14)20-16-7-5-12-3-1-2-4-13(12)10-16/h1-4,6,8-9,16,20H,5,7,10,19H2. The van der Waals surface area contributed by atoms with Gasteiger partial charge in [0.2, 0.25) is 0 Å². The molecule has 3 rings (SSSR count). The molecule has 2 aromatic carbocycles. The average Bonchev–Trinajstić information content (AvgIpc) is 2.49. The van der Waals surface area contributed by atoms with Crippen molar-refractivity contribution >= 4 is 11.4 Å². The lowest BCUT2D eigenvalue weighted by molar-refractivity contribution is 0.611. The Labute approximate surface area is 119 Å². The first kappa shape index (κ1) is 12.6. The maximum Gasteiger partial charge on any atom is 0.101 e. The predicted octanol–water partition coefficient (Wildman–Crippen LogP) is 3.11. The van der Waals surface area contributed by atoms with E-state index < -0.39 is 0 Å². The smallest absolute Gasteiger partial charge is 0.101 e. The zero-order chi connectivity index (χ0) is 13.9. The van der Waals surface area contributed by atoms with E-state index in [1.807, 2.05) is 12.1 Å². The molecule has 1 aliphatic rings. The molecule has 20 heavy (non-hydrogen) atoms. The molecule has 3 heteroatoms. The molecule has 1 unspecified atom stereocenters. The van der Waals surface area contributed by atoms with Crippen LogP contribution in [0.5, 0.6) is 0 Å². The van der Waals surface area contributed by atoms with Gasteiger partial charge in [0.25, 0.3) is 0 Å². The summed E-state index contributed by atoms with van der Waals surface area (Å²) in [4.78, 5) is 0. The Kier molecular flexibility index (Phi) is 3.30. The largest absolute Gasteiger partial charge is 0.399 e. The zero-order valence-corrected chi connectivity index (χ0v) is 11.3. The number of nitrogens with one attached hydrogen (secondary N) is 1. The van der Waals surface area contributed by atoms with Crippen molar-refractivity contribution in [1.29, 1.82) is 5.26 Å². The van der Waals surface area contributed by atoms with E-state index in [9.17, 15) is 5.26 Å². The maximum atomic E-state index is 9.18. The normalized spacial score (nSPS) is 17.1. The molecule has 1 atom stereocenters. The van der Waals surface area contributed by atoms with Crippen LogP contribution in [0.15, 0.2) is 42.5 Å². The highest BCUT2D eigenvalue weighted by atomic mass is 14.9. The predicted molar refractivity (Wildman–Crippen MR) is 81.4 cm³/mol. The zero-order valence-electron chi connectivity index (χ0n) is 11.3. The molecule has 0 amide bonds. The number of hydrogen-bond donors (Lipinski definition) is 2. The summed E-state index contributed by atoms with van der Waals surface area (Å²) in [5, 5.41) is 12.7. The number of rotatable bonds is 2. The van der Waals surface area contributed by atoms with Crippen LogP contribution >= 0.6 is 0 Å². The van der Waals surface area contributed by atoms with Crippen LogP contribution in [0.25, 0.3) is 0 Å². The van der Waals surface area contributed by atoms with E-state index in [2.05, 4.69) is 35.7 Å². The number of fused-ring (bicyclic) bond motifs is 1. The Morgan fingerprint density at radius 3 is 2.75 bits per heavy atom. The molecule has 1 aliphatic carbocycles. The van der Waals surface area contributed by atoms with Crippen molar-refractivity contribution in [3.8, 4) is 6.07 Å². The van der Waals surface area contributed by atoms with E-state index in [1.165, 1.54) is 11.1 Å². The van der Waals surface area contributed by atoms with Gasteiger partial charge in [-0.25, -0.2) is 0 Å². The summed E-state index contributed by atoms with van der Waals surface area (Å²) in [6.07, 6.45) is 3.18. The maximum absolute atomic E-state index is 9.18. The third kappa shape index (κ3) is 2.46. The van der Waals surface area contributed by atoms with Gasteiger partial charge in [0.15, 0.2) is 0 Å². The lowest BCUT2D eigenvalue weighted by atomic mass is 9.88. The SMILES string of the molecule is N#Cc1cc(N)ccc1NC1CCc2ccccc2C1. The van der Waals surface area contributed by atoms with Crippen molar-refractivity contribution in [2.75, 3.05) is 11.1 Å². The molecule has 0 fully saturated rings. The number of nitrogens with two attached hydrogens (primary N) is 1. The van der Waals surface area contributed by atoms with E-state index in [0.717, 1.165) is 24.9 Å². The lowest BCUT2D eigenvalue weighted by Crippen LogP contribution is -2.27. The third-order valence-corrected chi connectivity index (χ3v) is 3.87. The van der Waals surface area contributed by atoms with Crippen molar-refractivity contribution in [3.05, 3.63) is 59.2 Å². The molecule has 3 N–H and O–H groups in total. The first-order chi connectivity index (χ1) is 9.76. The molecule has 0 saturated heterocycles. The summed E-state index contributed by atoms with van der Waals surface area (Å²) in [6, 6.07) is 16.6. The summed E-state index contributed by atoms with van der Waals surface area (Å²) in [5.74, 6) is 0. The van der Waals surface area contributed by atoms with Crippen molar-refractivity contribution in [2.45, 2.75) is 25.3 Å². The minimum Gasteiger partial charge on any atom is -0.399 e. The molecule has 0 aromatic heterocycles. The van der Waals surface area contributed by atoms with Crippen LogP contribution in [0.1, 0.15) is 23.1 Å². The molecule has 0 aliphatic heterocycles. The number of hydrogen-bond acceptors (Lipinski definition) is 3. The van der Waals surface area contributed by atoms with Gasteiger partial charge in [-0.1, -0.05) is 24.3 Å². The minimum absolute atomic E-state index is 0.376. The van der Waals surface area contributed by atoms with Gasteiger partial charge in [-0.2, -0.15) is 5.26 Å². The van der Waals surface area contributed by atoms with Crippen LogP contribution in [0.4, 0.5) is 11.4 Å². The number of anilines is 2. The third-order valence-electron chi connectivity index (χ3n) is 3.87. The van der Waals surface area contributed by atoms with E-state index in [0.29, 0.717) is 17.3 Å². The molecule has 0 bridgehead atoms. The Morgan fingerprint density at radius 1 is 1.15 bits per heavy atom. The highest BCUT2D eigenvalue weighted by molar-refractivity contribution is 5.63. The van der Waals surface area contributed by atoms with Gasteiger partial charge in [0.05, 0.1) is 11.3 Å². The van der Waals surface area contributed by atoms with Gasteiger partial charge in [-0.3, -0.25) is 0 Å². The fourth-order valence-electron chi connectivity index (χ4n) is 2.82. The Hall–Kier alpha value is -2.47. The van der Waals surface area contributed by atoms with Gasteiger partial charge >= 0.3 is 0 Å².